The molecule has 0 unspecified atom stereocenters. The lowest BCUT2D eigenvalue weighted by atomic mass is 10.1. The van der Waals surface area contributed by atoms with E-state index in [4.69, 9.17) is 21.1 Å². The van der Waals surface area contributed by atoms with Gasteiger partial charge in [-0.1, -0.05) is 22.9 Å². The Hall–Kier alpha value is -2.04. The monoisotopic (exact) mass is 545 g/mol. The van der Waals surface area contributed by atoms with E-state index in [1.54, 1.807) is 38.1 Å². The number of thiazole rings is 1. The van der Waals surface area contributed by atoms with E-state index in [1.165, 1.54) is 11.0 Å². The first-order valence-corrected chi connectivity index (χ1v) is 12.2. The van der Waals surface area contributed by atoms with Gasteiger partial charge in [0, 0.05) is 37.3 Å². The normalized spacial score (nSPS) is 14.5. The third-order valence-corrected chi connectivity index (χ3v) is 6.82. The van der Waals surface area contributed by atoms with Crippen molar-refractivity contribution in [2.24, 2.45) is 0 Å². The van der Waals surface area contributed by atoms with Crippen LogP contribution in [0.15, 0.2) is 36.4 Å². The fourth-order valence-corrected chi connectivity index (χ4v) is 4.94. The first-order chi connectivity index (χ1) is 16.2. The van der Waals surface area contributed by atoms with Crippen LogP contribution in [0.4, 0.5) is 13.9 Å². The molecule has 11 heteroatoms. The smallest absolute Gasteiger partial charge is 0.272 e. The zero-order valence-electron chi connectivity index (χ0n) is 19.4. The molecular weight excluding hydrogens is 519 g/mol. The van der Waals surface area contributed by atoms with Crippen LogP contribution in [0.2, 0.25) is 5.02 Å². The third-order valence-electron chi connectivity index (χ3n) is 5.54. The number of nitrogens with zero attached hydrogens (tertiary/aromatic N) is 3. The summed E-state index contributed by atoms with van der Waals surface area (Å²) >= 11 is 7.03. The van der Waals surface area contributed by atoms with Crippen molar-refractivity contribution in [1.82, 2.24) is 9.88 Å². The number of aromatic nitrogens is 1. The molecule has 1 aromatic heterocycles. The van der Waals surface area contributed by atoms with Crippen molar-refractivity contribution in [2.45, 2.75) is 25.9 Å². The highest BCUT2D eigenvalue weighted by Crippen LogP contribution is 2.33. The maximum absolute atomic E-state index is 14.3. The Balaban J connectivity index is 0.00000342. The van der Waals surface area contributed by atoms with Crippen LogP contribution in [0.5, 0.6) is 5.75 Å². The molecule has 0 radical (unpaired) electrons. The van der Waals surface area contributed by atoms with Crippen LogP contribution in [0.1, 0.15) is 20.3 Å². The highest BCUT2D eigenvalue weighted by atomic mass is 35.5. The van der Waals surface area contributed by atoms with E-state index in [1.807, 2.05) is 0 Å². The predicted molar refractivity (Wildman–Crippen MR) is 137 cm³/mol. The zero-order chi connectivity index (χ0) is 24.3. The summed E-state index contributed by atoms with van der Waals surface area (Å²) in [7, 11) is 0. The average molecular weight is 546 g/mol. The van der Waals surface area contributed by atoms with Crippen LogP contribution in [0, 0.1) is 11.6 Å². The molecule has 0 saturated carbocycles. The standard InChI is InChI=1S/C24H26ClF2N3O3S.ClH/c1-24(2,33-18-6-4-16(25)5-7-18)22(31)30(9-3-8-29-10-12-32-13-11-29)23-28-21-19(27)14-17(26)15-20(21)34-23;/h4-7,14-15H,3,8-13H2,1-2H3;1H. The molecule has 2 heterocycles. The second-order valence-electron chi connectivity index (χ2n) is 8.56. The molecule has 0 N–H and O–H groups in total. The molecule has 0 spiro atoms. The van der Waals surface area contributed by atoms with E-state index in [-0.39, 0.29) is 23.8 Å². The molecule has 1 amide bonds. The van der Waals surface area contributed by atoms with Gasteiger partial charge in [0.1, 0.15) is 17.1 Å². The largest absolute Gasteiger partial charge is 0.478 e. The molecule has 3 aromatic rings. The van der Waals surface area contributed by atoms with Gasteiger partial charge in [-0.25, -0.2) is 13.8 Å². The minimum atomic E-state index is -1.24. The molecule has 0 aliphatic carbocycles. The van der Waals surface area contributed by atoms with E-state index in [0.717, 1.165) is 37.0 Å². The van der Waals surface area contributed by atoms with E-state index >= 15 is 0 Å². The SMILES string of the molecule is CC(C)(Oc1ccc(Cl)cc1)C(=O)N(CCCN1CCOCC1)c1nc2c(F)cc(F)cc2s1.Cl. The number of benzene rings is 2. The fourth-order valence-electron chi connectivity index (χ4n) is 3.79. The average Bonchev–Trinajstić information content (AvgIpc) is 3.22. The molecule has 1 aliphatic heterocycles. The number of anilines is 1. The number of fused-ring (bicyclic) bond motifs is 1. The van der Waals surface area contributed by atoms with Crippen LogP contribution in [-0.2, 0) is 9.53 Å². The highest BCUT2D eigenvalue weighted by Gasteiger charge is 2.36. The molecule has 35 heavy (non-hydrogen) atoms. The Morgan fingerprint density at radius 2 is 1.91 bits per heavy atom. The highest BCUT2D eigenvalue weighted by molar-refractivity contribution is 7.22. The number of halogens is 4. The fraction of sp³-hybridized carbons (Fsp3) is 0.417. The Labute approximate surface area is 218 Å². The van der Waals surface area contributed by atoms with Crippen molar-refractivity contribution in [3.05, 3.63) is 53.1 Å². The van der Waals surface area contributed by atoms with Crippen molar-refractivity contribution in [2.75, 3.05) is 44.3 Å². The first-order valence-electron chi connectivity index (χ1n) is 11.1. The Morgan fingerprint density at radius 1 is 1.23 bits per heavy atom. The summed E-state index contributed by atoms with van der Waals surface area (Å²) in [6.45, 7) is 7.53. The summed E-state index contributed by atoms with van der Waals surface area (Å²) in [4.78, 5) is 21.8. The van der Waals surface area contributed by atoms with Gasteiger partial charge < -0.3 is 9.47 Å². The summed E-state index contributed by atoms with van der Waals surface area (Å²) in [5, 5.41) is 0.865. The second kappa shape index (κ2) is 11.8. The van der Waals surface area contributed by atoms with Gasteiger partial charge in [-0.3, -0.25) is 14.6 Å². The van der Waals surface area contributed by atoms with Crippen molar-refractivity contribution >= 4 is 56.6 Å². The van der Waals surface area contributed by atoms with Gasteiger partial charge in [-0.15, -0.1) is 12.4 Å². The van der Waals surface area contributed by atoms with Crippen LogP contribution in [-0.4, -0.2) is 60.8 Å². The van der Waals surface area contributed by atoms with Crippen molar-refractivity contribution in [3.8, 4) is 5.75 Å². The van der Waals surface area contributed by atoms with Crippen LogP contribution >= 0.6 is 35.3 Å². The number of carbonyl (C=O) groups excluding carboxylic acids is 1. The topological polar surface area (TPSA) is 54.9 Å². The number of morpholine rings is 1. The van der Waals surface area contributed by atoms with E-state index in [2.05, 4.69) is 9.88 Å². The van der Waals surface area contributed by atoms with Gasteiger partial charge in [-0.05, 0) is 50.6 Å². The maximum atomic E-state index is 14.3. The Morgan fingerprint density at radius 3 is 2.60 bits per heavy atom. The Kier molecular flexibility index (Phi) is 9.28. The molecule has 0 atom stereocenters. The van der Waals surface area contributed by atoms with Crippen LogP contribution < -0.4 is 9.64 Å². The number of rotatable bonds is 8. The van der Waals surface area contributed by atoms with Gasteiger partial charge in [0.05, 0.1) is 17.9 Å². The number of hydrogen-bond donors (Lipinski definition) is 0. The molecular formula is C24H27Cl2F2N3O3S. The molecule has 1 aliphatic rings. The number of ether oxygens (including phenoxy) is 2. The molecule has 1 fully saturated rings. The summed E-state index contributed by atoms with van der Waals surface area (Å²) in [6, 6.07) is 8.77. The molecule has 1 saturated heterocycles. The first kappa shape index (κ1) is 27.5. The maximum Gasteiger partial charge on any atom is 0.272 e. The third kappa shape index (κ3) is 6.80. The number of hydrogen-bond acceptors (Lipinski definition) is 6. The molecule has 190 valence electrons. The summed E-state index contributed by atoms with van der Waals surface area (Å²) in [5.74, 6) is -1.27. The van der Waals surface area contributed by atoms with Gasteiger partial charge in [0.2, 0.25) is 0 Å². The Bertz CT molecular complexity index is 1150. The summed E-state index contributed by atoms with van der Waals surface area (Å²) in [6.07, 6.45) is 0.676. The van der Waals surface area contributed by atoms with E-state index in [0.29, 0.717) is 46.8 Å². The van der Waals surface area contributed by atoms with Gasteiger partial charge in [0.25, 0.3) is 5.91 Å². The molecule has 4 rings (SSSR count). The lowest BCUT2D eigenvalue weighted by molar-refractivity contribution is -0.131. The van der Waals surface area contributed by atoms with Gasteiger partial charge >= 0.3 is 0 Å². The van der Waals surface area contributed by atoms with Crippen molar-refractivity contribution < 1.29 is 23.0 Å². The van der Waals surface area contributed by atoms with Crippen LogP contribution in [0.25, 0.3) is 10.2 Å². The molecule has 6 nitrogen and oxygen atoms in total. The van der Waals surface area contributed by atoms with Gasteiger partial charge in [-0.2, -0.15) is 0 Å². The summed E-state index contributed by atoms with van der Waals surface area (Å²) in [5.41, 5.74) is -1.20. The lowest BCUT2D eigenvalue weighted by Crippen LogP contribution is -2.50. The lowest BCUT2D eigenvalue weighted by Gasteiger charge is -2.32. The quantitative estimate of drug-likeness (QED) is 0.370. The van der Waals surface area contributed by atoms with Gasteiger partial charge in [0.15, 0.2) is 16.5 Å². The number of amides is 1. The number of carbonyl (C=O) groups is 1. The predicted octanol–water partition coefficient (Wildman–Crippen LogP) is 5.56. The van der Waals surface area contributed by atoms with Crippen molar-refractivity contribution in [1.29, 1.82) is 0 Å². The second-order valence-corrected chi connectivity index (χ2v) is 10.0. The molecule has 0 bridgehead atoms. The molecule has 2 aromatic carbocycles. The van der Waals surface area contributed by atoms with E-state index < -0.39 is 17.2 Å². The zero-order valence-corrected chi connectivity index (χ0v) is 21.8. The van der Waals surface area contributed by atoms with Crippen LogP contribution in [0.3, 0.4) is 0 Å². The van der Waals surface area contributed by atoms with Crippen molar-refractivity contribution in [3.63, 3.8) is 0 Å². The summed E-state index contributed by atoms with van der Waals surface area (Å²) < 4.78 is 39.8. The minimum absolute atomic E-state index is 0. The van der Waals surface area contributed by atoms with E-state index in [9.17, 15) is 13.6 Å². The minimum Gasteiger partial charge on any atom is -0.478 e.